The topological polar surface area (TPSA) is 64.9 Å². The summed E-state index contributed by atoms with van der Waals surface area (Å²) in [6.07, 6.45) is 0. The van der Waals surface area contributed by atoms with Gasteiger partial charge in [-0.15, -0.1) is 0 Å². The zero-order valence-corrected chi connectivity index (χ0v) is 15.5. The molecule has 0 radical (unpaired) electrons. The van der Waals surface area contributed by atoms with Crippen LogP contribution < -0.4 is 10.1 Å². The lowest BCUT2D eigenvalue weighted by Crippen LogP contribution is -2.18. The third-order valence-corrected chi connectivity index (χ3v) is 4.12. The Balaban J connectivity index is 2.09. The summed E-state index contributed by atoms with van der Waals surface area (Å²) in [5.74, 6) is 1.26. The number of benzene rings is 1. The monoisotopic (exact) mass is 353 g/mol. The average Bonchev–Trinajstić information content (AvgIpc) is 2.99. The number of methoxy groups -OCH3 is 1. The quantitative estimate of drug-likeness (QED) is 0.686. The summed E-state index contributed by atoms with van der Waals surface area (Å²) in [6, 6.07) is 11.8. The van der Waals surface area contributed by atoms with Gasteiger partial charge in [0.05, 0.1) is 13.7 Å². The largest absolute Gasteiger partial charge is 0.497 e. The van der Waals surface area contributed by atoms with Crippen molar-refractivity contribution in [2.75, 3.05) is 25.6 Å². The third-order valence-electron chi connectivity index (χ3n) is 4.12. The van der Waals surface area contributed by atoms with Crippen molar-refractivity contribution in [1.29, 1.82) is 0 Å². The van der Waals surface area contributed by atoms with Crippen molar-refractivity contribution in [2.45, 2.75) is 20.8 Å². The predicted molar refractivity (Wildman–Crippen MR) is 102 cm³/mol. The second-order valence-corrected chi connectivity index (χ2v) is 6.06. The molecule has 0 aliphatic heterocycles. The molecule has 0 saturated heterocycles. The number of carbonyl (C=O) groups is 1. The molecule has 2 aromatic heterocycles. The third kappa shape index (κ3) is 3.49. The SMILES string of the molecule is CCOC(=O)CNc1c(-c2ccc(OC)cc2)nc2cc(C)cc(C)n12. The van der Waals surface area contributed by atoms with Gasteiger partial charge in [0.25, 0.3) is 0 Å². The Hall–Kier alpha value is -3.02. The molecule has 1 aromatic carbocycles. The molecular weight excluding hydrogens is 330 g/mol. The molecule has 3 aromatic rings. The standard InChI is InChI=1S/C20H23N3O3/c1-5-26-18(24)12-21-20-19(15-6-8-16(25-4)9-7-15)22-17-11-13(2)10-14(3)23(17)20/h6-11,21H,5,12H2,1-4H3. The van der Waals surface area contributed by atoms with E-state index in [1.54, 1.807) is 14.0 Å². The average molecular weight is 353 g/mol. The Kier molecular flexibility index (Phi) is 5.11. The zero-order valence-electron chi connectivity index (χ0n) is 15.5. The van der Waals surface area contributed by atoms with E-state index in [9.17, 15) is 4.79 Å². The highest BCUT2D eigenvalue weighted by atomic mass is 16.5. The summed E-state index contributed by atoms with van der Waals surface area (Å²) < 4.78 is 12.3. The maximum Gasteiger partial charge on any atom is 0.325 e. The number of aryl methyl sites for hydroxylation is 2. The van der Waals surface area contributed by atoms with Gasteiger partial charge in [0.15, 0.2) is 0 Å². The van der Waals surface area contributed by atoms with Gasteiger partial charge in [-0.25, -0.2) is 4.98 Å². The number of aromatic nitrogens is 2. The molecule has 26 heavy (non-hydrogen) atoms. The van der Waals surface area contributed by atoms with Crippen molar-refractivity contribution in [3.05, 3.63) is 47.7 Å². The molecule has 3 rings (SSSR count). The molecule has 6 heteroatoms. The lowest BCUT2D eigenvalue weighted by molar-refractivity contribution is -0.140. The highest BCUT2D eigenvalue weighted by Gasteiger charge is 2.17. The van der Waals surface area contributed by atoms with Crippen LogP contribution in [0.1, 0.15) is 18.2 Å². The highest BCUT2D eigenvalue weighted by molar-refractivity contribution is 5.81. The van der Waals surface area contributed by atoms with E-state index in [0.29, 0.717) is 6.61 Å². The molecule has 2 heterocycles. The summed E-state index contributed by atoms with van der Waals surface area (Å²) >= 11 is 0. The number of nitrogens with one attached hydrogen (secondary N) is 1. The number of hydrogen-bond donors (Lipinski definition) is 1. The van der Waals surface area contributed by atoms with Crippen LogP contribution in [0.5, 0.6) is 5.75 Å². The number of pyridine rings is 1. The molecule has 136 valence electrons. The van der Waals surface area contributed by atoms with Gasteiger partial charge in [-0.05, 0) is 62.7 Å². The number of imidazole rings is 1. The smallest absolute Gasteiger partial charge is 0.325 e. The summed E-state index contributed by atoms with van der Waals surface area (Å²) in [5, 5.41) is 3.20. The molecule has 0 aliphatic rings. The van der Waals surface area contributed by atoms with Crippen LogP contribution in [0.15, 0.2) is 36.4 Å². The van der Waals surface area contributed by atoms with Crippen LogP contribution in [0.2, 0.25) is 0 Å². The molecule has 0 atom stereocenters. The van der Waals surface area contributed by atoms with E-state index in [0.717, 1.165) is 39.7 Å². The van der Waals surface area contributed by atoms with Gasteiger partial charge in [0.1, 0.15) is 29.5 Å². The molecule has 0 amide bonds. The fraction of sp³-hybridized carbons (Fsp3) is 0.300. The maximum atomic E-state index is 11.8. The minimum Gasteiger partial charge on any atom is -0.497 e. The first-order valence-corrected chi connectivity index (χ1v) is 8.57. The highest BCUT2D eigenvalue weighted by Crippen LogP contribution is 2.31. The van der Waals surface area contributed by atoms with Gasteiger partial charge in [-0.2, -0.15) is 0 Å². The number of ether oxygens (including phenoxy) is 2. The first-order valence-electron chi connectivity index (χ1n) is 8.57. The summed E-state index contributed by atoms with van der Waals surface area (Å²) in [7, 11) is 1.64. The molecule has 1 N–H and O–H groups in total. The number of fused-ring (bicyclic) bond motifs is 1. The number of carbonyl (C=O) groups excluding carboxylic acids is 1. The van der Waals surface area contributed by atoms with Crippen LogP contribution >= 0.6 is 0 Å². The minimum atomic E-state index is -0.298. The summed E-state index contributed by atoms with van der Waals surface area (Å²) in [6.45, 7) is 6.30. The molecular formula is C20H23N3O3. The van der Waals surface area contributed by atoms with Crippen LogP contribution in [-0.4, -0.2) is 35.6 Å². The fourth-order valence-corrected chi connectivity index (χ4v) is 3.01. The van der Waals surface area contributed by atoms with E-state index in [4.69, 9.17) is 14.5 Å². The van der Waals surface area contributed by atoms with Crippen molar-refractivity contribution >= 4 is 17.4 Å². The van der Waals surface area contributed by atoms with Crippen LogP contribution in [0.25, 0.3) is 16.9 Å². The lowest BCUT2D eigenvalue weighted by Gasteiger charge is -2.11. The lowest BCUT2D eigenvalue weighted by atomic mass is 10.1. The van der Waals surface area contributed by atoms with Gasteiger partial charge in [0, 0.05) is 11.3 Å². The number of rotatable bonds is 6. The number of nitrogens with zero attached hydrogens (tertiary/aromatic N) is 2. The van der Waals surface area contributed by atoms with Crippen LogP contribution in [0.3, 0.4) is 0 Å². The molecule has 0 bridgehead atoms. The Morgan fingerprint density at radius 1 is 1.19 bits per heavy atom. The molecule has 0 unspecified atom stereocenters. The second kappa shape index (κ2) is 7.47. The van der Waals surface area contributed by atoms with Crippen LogP contribution in [-0.2, 0) is 9.53 Å². The van der Waals surface area contributed by atoms with Gasteiger partial charge < -0.3 is 14.8 Å². The van der Waals surface area contributed by atoms with Gasteiger partial charge in [-0.1, -0.05) is 0 Å². The van der Waals surface area contributed by atoms with Crippen LogP contribution in [0.4, 0.5) is 5.82 Å². The van der Waals surface area contributed by atoms with Crippen molar-refractivity contribution in [2.24, 2.45) is 0 Å². The van der Waals surface area contributed by atoms with Crippen molar-refractivity contribution in [1.82, 2.24) is 9.38 Å². The Bertz CT molecular complexity index is 930. The van der Waals surface area contributed by atoms with Crippen molar-refractivity contribution in [3.8, 4) is 17.0 Å². The van der Waals surface area contributed by atoms with Crippen molar-refractivity contribution < 1.29 is 14.3 Å². The van der Waals surface area contributed by atoms with Gasteiger partial charge >= 0.3 is 5.97 Å². The first kappa shape index (κ1) is 17.8. The fourth-order valence-electron chi connectivity index (χ4n) is 3.01. The maximum absolute atomic E-state index is 11.8. The molecule has 0 aliphatic carbocycles. The van der Waals surface area contributed by atoms with Gasteiger partial charge in [-0.3, -0.25) is 9.20 Å². The molecule has 0 spiro atoms. The summed E-state index contributed by atoms with van der Waals surface area (Å²) in [5.41, 5.74) is 4.74. The molecule has 6 nitrogen and oxygen atoms in total. The van der Waals surface area contributed by atoms with Crippen LogP contribution in [0, 0.1) is 13.8 Å². The molecule has 0 saturated carbocycles. The summed E-state index contributed by atoms with van der Waals surface area (Å²) in [4.78, 5) is 16.6. The Morgan fingerprint density at radius 3 is 2.58 bits per heavy atom. The van der Waals surface area contributed by atoms with Crippen molar-refractivity contribution in [3.63, 3.8) is 0 Å². The number of hydrogen-bond acceptors (Lipinski definition) is 5. The van der Waals surface area contributed by atoms with E-state index in [1.807, 2.05) is 48.6 Å². The normalized spacial score (nSPS) is 10.8. The van der Waals surface area contributed by atoms with E-state index >= 15 is 0 Å². The number of esters is 1. The first-order chi connectivity index (χ1) is 12.5. The van der Waals surface area contributed by atoms with E-state index in [-0.39, 0.29) is 12.5 Å². The predicted octanol–water partition coefficient (Wildman–Crippen LogP) is 3.60. The van der Waals surface area contributed by atoms with E-state index < -0.39 is 0 Å². The van der Waals surface area contributed by atoms with E-state index in [1.165, 1.54) is 0 Å². The minimum absolute atomic E-state index is 0.0815. The number of anilines is 1. The Morgan fingerprint density at radius 2 is 1.92 bits per heavy atom. The zero-order chi connectivity index (χ0) is 18.7. The second-order valence-electron chi connectivity index (χ2n) is 6.06. The van der Waals surface area contributed by atoms with Gasteiger partial charge in [0.2, 0.25) is 0 Å². The van der Waals surface area contributed by atoms with E-state index in [2.05, 4.69) is 11.4 Å². The Labute approximate surface area is 152 Å². The molecule has 0 fully saturated rings.